The number of hydroxylamine groups is 1. The third-order valence-electron chi connectivity index (χ3n) is 9.30. The first-order chi connectivity index (χ1) is 23.5. The smallest absolute Gasteiger partial charge is 0.179 e. The third kappa shape index (κ3) is 9.12. The van der Waals surface area contributed by atoms with Gasteiger partial charge in [-0.05, 0) is 63.2 Å². The topological polar surface area (TPSA) is 124 Å². The van der Waals surface area contributed by atoms with E-state index in [1.165, 1.54) is 11.6 Å². The van der Waals surface area contributed by atoms with Gasteiger partial charge in [-0.2, -0.15) is 17.2 Å². The molecular formula is C37H47N3O6S3. The number of carbonyl (C=O) groups is 1. The average molecular weight is 726 g/mol. The number of para-hydroxylation sites is 1. The predicted molar refractivity (Wildman–Crippen MR) is 200 cm³/mol. The van der Waals surface area contributed by atoms with Gasteiger partial charge in [-0.1, -0.05) is 70.5 Å². The van der Waals surface area contributed by atoms with E-state index in [1.807, 2.05) is 19.9 Å². The minimum absolute atomic E-state index is 0.0692. The first-order valence-electron chi connectivity index (χ1n) is 16.7. The summed E-state index contributed by atoms with van der Waals surface area (Å²) in [6.45, 7) is 8.08. The van der Waals surface area contributed by atoms with Gasteiger partial charge in [0.05, 0.1) is 30.1 Å². The first-order valence-corrected chi connectivity index (χ1v) is 20.3. The fourth-order valence-corrected chi connectivity index (χ4v) is 9.90. The Labute approximate surface area is 302 Å². The van der Waals surface area contributed by atoms with Crippen LogP contribution >= 0.6 is 33.3 Å². The van der Waals surface area contributed by atoms with Crippen molar-refractivity contribution >= 4 is 44.8 Å². The zero-order chi connectivity index (χ0) is 35.1. The maximum Gasteiger partial charge on any atom is 0.179 e. The number of anilines is 1. The summed E-state index contributed by atoms with van der Waals surface area (Å²) in [6, 6.07) is 7.80. The number of nitrogens with one attached hydrogen (secondary N) is 2. The molecule has 0 radical (unpaired) electrons. The van der Waals surface area contributed by atoms with Gasteiger partial charge in [-0.15, -0.1) is 6.42 Å². The molecule has 7 unspecified atom stereocenters. The summed E-state index contributed by atoms with van der Waals surface area (Å²) in [5.74, 6) is 8.92. The summed E-state index contributed by atoms with van der Waals surface area (Å²) in [6.07, 6.45) is 11.4. The molecule has 2 saturated heterocycles. The van der Waals surface area contributed by atoms with Crippen molar-refractivity contribution in [3.63, 3.8) is 0 Å². The van der Waals surface area contributed by atoms with Gasteiger partial charge in [0.15, 0.2) is 18.4 Å². The van der Waals surface area contributed by atoms with E-state index < -0.39 is 36.9 Å². The minimum Gasteiger partial charge on any atom is -0.396 e. The highest BCUT2D eigenvalue weighted by Gasteiger charge is 2.41. The lowest BCUT2D eigenvalue weighted by atomic mass is 9.80. The van der Waals surface area contributed by atoms with Crippen LogP contribution in [0.2, 0.25) is 0 Å². The number of carbonyl (C=O) groups excluding carboxylic acids is 1. The number of terminal acetylenes is 1. The van der Waals surface area contributed by atoms with Gasteiger partial charge in [0.25, 0.3) is 0 Å². The van der Waals surface area contributed by atoms with E-state index in [2.05, 4.69) is 72.9 Å². The van der Waals surface area contributed by atoms with Gasteiger partial charge in [-0.3, -0.25) is 9.63 Å². The molecule has 49 heavy (non-hydrogen) atoms. The van der Waals surface area contributed by atoms with Gasteiger partial charge >= 0.3 is 0 Å². The molecule has 2 fully saturated rings. The summed E-state index contributed by atoms with van der Waals surface area (Å²) in [5, 5.41) is 15.2. The molecule has 0 aromatic heterocycles. The van der Waals surface area contributed by atoms with E-state index >= 15 is 0 Å². The van der Waals surface area contributed by atoms with Crippen molar-refractivity contribution in [1.82, 2.24) is 5.48 Å². The number of aliphatic hydroxyl groups is 1. The van der Waals surface area contributed by atoms with Crippen LogP contribution in [0.5, 0.6) is 0 Å². The summed E-state index contributed by atoms with van der Waals surface area (Å²) in [4.78, 5) is 18.8. The molecule has 10 atom stereocenters. The molecule has 0 amide bonds. The van der Waals surface area contributed by atoms with Crippen LogP contribution in [0.4, 0.5) is 5.69 Å². The zero-order valence-corrected chi connectivity index (χ0v) is 31.1. The fraction of sp³-hybridized carbons (Fsp3) is 0.541. The van der Waals surface area contributed by atoms with E-state index in [9.17, 15) is 9.90 Å². The number of thioether (sulfide) groups is 1. The van der Waals surface area contributed by atoms with Crippen molar-refractivity contribution in [1.29, 1.82) is 0 Å². The molecule has 1 aliphatic carbocycles. The molecule has 3 aliphatic heterocycles. The van der Waals surface area contributed by atoms with Gasteiger partial charge in [0.2, 0.25) is 0 Å². The van der Waals surface area contributed by atoms with E-state index in [0.717, 1.165) is 24.1 Å². The number of hydrogen-bond donors (Lipinski definition) is 4. The van der Waals surface area contributed by atoms with E-state index in [-0.39, 0.29) is 34.8 Å². The molecule has 9 nitrogen and oxygen atoms in total. The molecule has 3 heterocycles. The molecule has 4 aliphatic rings. The molecule has 0 spiro atoms. The van der Waals surface area contributed by atoms with Crippen molar-refractivity contribution in [2.24, 2.45) is 11.7 Å². The number of ether oxygens (including phenoxy) is 3. The molecule has 1 aromatic carbocycles. The number of nitrogens with two attached hydrogens (primary N) is 1. The van der Waals surface area contributed by atoms with Gasteiger partial charge in [0, 0.05) is 47.1 Å². The highest BCUT2D eigenvalue weighted by atomic mass is 33.1. The number of rotatable bonds is 11. The largest absolute Gasteiger partial charge is 0.396 e. The highest BCUT2D eigenvalue weighted by Crippen LogP contribution is 2.53. The standard InChI is InChI=1S/C37H47N3O6S3/c1-7-8-9-10-15-30(45-33-21-29(42)36(24(4)44-33)40-46-32-17-16-31(47-6)23(3)43-32)34-25(22(2)20-28(41)35(34)38)18-19-48-49-37(5)26-13-11-12-14-27(26)39-37/h1,8-9,11-14,18,22-24,29-33,36,39-40,42H,16-17,19-21,38H2,2-6H3/b9-8-,25-18-/t22?,23?,24?,29?,30-,31-,32?,33?,36+,37?/m0/s1. The van der Waals surface area contributed by atoms with Crippen LogP contribution in [-0.4, -0.2) is 71.2 Å². The van der Waals surface area contributed by atoms with Gasteiger partial charge in [-0.25, -0.2) is 0 Å². The summed E-state index contributed by atoms with van der Waals surface area (Å²) >= 11 is 1.80. The average Bonchev–Trinajstić information content (AvgIpc) is 3.06. The van der Waals surface area contributed by atoms with Gasteiger partial charge < -0.3 is 30.4 Å². The Balaban J connectivity index is 1.27. The number of allylic oxidation sites excluding steroid dienone is 3. The molecule has 5 N–H and O–H groups in total. The van der Waals surface area contributed by atoms with Crippen molar-refractivity contribution in [2.45, 2.75) is 107 Å². The molecule has 0 saturated carbocycles. The van der Waals surface area contributed by atoms with Crippen molar-refractivity contribution < 1.29 is 28.9 Å². The summed E-state index contributed by atoms with van der Waals surface area (Å²) < 4.78 is 18.7. The van der Waals surface area contributed by atoms with E-state index in [1.54, 1.807) is 39.4 Å². The number of ketones is 1. The number of Topliss-reactive ketones (excluding diaryl/α,β-unsaturated/α-hetero) is 1. The second-order valence-corrected chi connectivity index (χ2v) is 16.7. The molecule has 1 aromatic rings. The molecule has 12 heteroatoms. The second-order valence-electron chi connectivity index (χ2n) is 12.8. The number of hydrogen-bond acceptors (Lipinski definition) is 12. The lowest BCUT2D eigenvalue weighted by molar-refractivity contribution is -0.266. The quantitative estimate of drug-likeness (QED) is 0.0978. The monoisotopic (exact) mass is 725 g/mol. The Morgan fingerprint density at radius 1 is 1.20 bits per heavy atom. The van der Waals surface area contributed by atoms with Crippen LogP contribution in [0.15, 0.2) is 59.3 Å². The number of fused-ring (bicyclic) bond motifs is 1. The van der Waals surface area contributed by atoms with E-state index in [0.29, 0.717) is 23.0 Å². The van der Waals surface area contributed by atoms with Crippen molar-refractivity contribution in [2.75, 3.05) is 17.3 Å². The molecule has 264 valence electrons. The maximum absolute atomic E-state index is 13.1. The van der Waals surface area contributed by atoms with Crippen molar-refractivity contribution in [3.05, 3.63) is 64.9 Å². The van der Waals surface area contributed by atoms with Crippen LogP contribution in [0, 0.1) is 30.1 Å². The van der Waals surface area contributed by atoms with Crippen LogP contribution < -0.4 is 16.5 Å². The third-order valence-corrected chi connectivity index (χ3v) is 13.4. The van der Waals surface area contributed by atoms with E-state index in [4.69, 9.17) is 31.2 Å². The predicted octanol–water partition coefficient (Wildman–Crippen LogP) is 5.63. The molecule has 5 rings (SSSR count). The number of aliphatic hydroxyl groups excluding tert-OH is 1. The van der Waals surface area contributed by atoms with Crippen LogP contribution in [0.25, 0.3) is 0 Å². The van der Waals surface area contributed by atoms with Crippen molar-refractivity contribution in [3.8, 4) is 24.2 Å². The summed E-state index contributed by atoms with van der Waals surface area (Å²) in [7, 11) is 3.48. The number of benzene rings is 1. The second kappa shape index (κ2) is 17.2. The Bertz CT molecular complexity index is 1540. The van der Waals surface area contributed by atoms with Crippen LogP contribution in [0.1, 0.15) is 58.9 Å². The Hall–Kier alpha value is -2.36. The lowest BCUT2D eigenvalue weighted by Crippen LogP contribution is -2.56. The molecule has 0 bridgehead atoms. The Morgan fingerprint density at radius 3 is 2.69 bits per heavy atom. The Kier molecular flexibility index (Phi) is 13.3. The first kappa shape index (κ1) is 37.9. The SMILES string of the molecule is C#C/C=C\C#C[C@H](OC1CC(O)[C@H](NOC2CC[C@H](SC)C(C)O2)C(C)O1)C1=C(N)C(=O)CC(C)/C1=C/CSSC1(C)Nc2ccccc21. The normalized spacial score (nSPS) is 34.4. The minimum atomic E-state index is -0.901. The fourth-order valence-electron chi connectivity index (χ4n) is 6.60. The van der Waals surface area contributed by atoms with Crippen LogP contribution in [0.3, 0.4) is 0 Å². The molecular weight excluding hydrogens is 679 g/mol. The van der Waals surface area contributed by atoms with Gasteiger partial charge in [0.1, 0.15) is 11.0 Å². The highest BCUT2D eigenvalue weighted by molar-refractivity contribution is 8.77. The maximum atomic E-state index is 13.1. The summed E-state index contributed by atoms with van der Waals surface area (Å²) in [5.41, 5.74) is 13.5. The lowest BCUT2D eigenvalue weighted by Gasteiger charge is -2.42. The zero-order valence-electron chi connectivity index (χ0n) is 28.6. The Morgan fingerprint density at radius 2 is 1.98 bits per heavy atom. The van der Waals surface area contributed by atoms with Crippen LogP contribution in [-0.2, 0) is 28.7 Å².